The van der Waals surface area contributed by atoms with E-state index in [0.29, 0.717) is 12.2 Å². The van der Waals surface area contributed by atoms with Crippen LogP contribution in [-0.2, 0) is 6.42 Å². The second kappa shape index (κ2) is 7.63. The van der Waals surface area contributed by atoms with Crippen LogP contribution in [-0.4, -0.2) is 12.2 Å². The molecule has 0 aromatic heterocycles. The lowest BCUT2D eigenvalue weighted by atomic mass is 10.0. The van der Waals surface area contributed by atoms with Crippen LogP contribution in [0.1, 0.15) is 30.5 Å². The molecule has 0 aliphatic heterocycles. The van der Waals surface area contributed by atoms with Crippen LogP contribution in [0.4, 0.5) is 4.39 Å². The molecule has 2 aromatic rings. The molecule has 0 radical (unpaired) electrons. The number of phenolic OH excluding ortho intramolecular Hbond substituents is 1. The van der Waals surface area contributed by atoms with Crippen molar-refractivity contribution in [3.8, 4) is 11.5 Å². The molecule has 2 rings (SSSR count). The average molecular weight is 312 g/mol. The Labute approximate surface area is 136 Å². The van der Waals surface area contributed by atoms with E-state index < -0.39 is 0 Å². The first-order valence-corrected chi connectivity index (χ1v) is 7.46. The topological polar surface area (TPSA) is 29.5 Å². The van der Waals surface area contributed by atoms with Crippen molar-refractivity contribution in [3.63, 3.8) is 0 Å². The molecule has 2 aromatic carbocycles. The summed E-state index contributed by atoms with van der Waals surface area (Å²) in [5.74, 6) is 0.604. The van der Waals surface area contributed by atoms with Gasteiger partial charge in [0, 0.05) is 5.56 Å². The highest BCUT2D eigenvalue weighted by atomic mass is 19.1. The van der Waals surface area contributed by atoms with E-state index in [4.69, 9.17) is 4.74 Å². The number of methoxy groups -OCH3 is 1. The third kappa shape index (κ3) is 4.71. The molecule has 23 heavy (non-hydrogen) atoms. The molecular weight excluding hydrogens is 291 g/mol. The highest BCUT2D eigenvalue weighted by Crippen LogP contribution is 2.31. The summed E-state index contributed by atoms with van der Waals surface area (Å²) in [6.07, 6.45) is 6.40. The van der Waals surface area contributed by atoms with Crippen LogP contribution >= 0.6 is 0 Å². The van der Waals surface area contributed by atoms with Gasteiger partial charge in [0.15, 0.2) is 0 Å². The molecule has 0 unspecified atom stereocenters. The van der Waals surface area contributed by atoms with Gasteiger partial charge in [-0.1, -0.05) is 35.9 Å². The third-order valence-corrected chi connectivity index (χ3v) is 3.48. The summed E-state index contributed by atoms with van der Waals surface area (Å²) in [5, 5.41) is 10.3. The fraction of sp³-hybridized carbons (Fsp3) is 0.200. The number of hydrogen-bond donors (Lipinski definition) is 1. The summed E-state index contributed by atoms with van der Waals surface area (Å²) in [4.78, 5) is 0. The van der Waals surface area contributed by atoms with E-state index >= 15 is 0 Å². The average Bonchev–Trinajstić information content (AvgIpc) is 2.52. The van der Waals surface area contributed by atoms with Crippen LogP contribution in [0.5, 0.6) is 11.5 Å². The summed E-state index contributed by atoms with van der Waals surface area (Å²) >= 11 is 0. The van der Waals surface area contributed by atoms with Crippen molar-refractivity contribution in [2.24, 2.45) is 0 Å². The van der Waals surface area contributed by atoms with Gasteiger partial charge in [-0.3, -0.25) is 0 Å². The Balaban J connectivity index is 2.28. The predicted molar refractivity (Wildman–Crippen MR) is 93.1 cm³/mol. The Morgan fingerprint density at radius 1 is 1.09 bits per heavy atom. The minimum Gasteiger partial charge on any atom is -0.507 e. The Morgan fingerprint density at radius 3 is 2.35 bits per heavy atom. The van der Waals surface area contributed by atoms with Crippen molar-refractivity contribution < 1.29 is 14.2 Å². The predicted octanol–water partition coefficient (Wildman–Crippen LogP) is 5.22. The first kappa shape index (κ1) is 16.8. The lowest BCUT2D eigenvalue weighted by Crippen LogP contribution is -1.93. The largest absolute Gasteiger partial charge is 0.507 e. The zero-order chi connectivity index (χ0) is 16.8. The lowest BCUT2D eigenvalue weighted by Gasteiger charge is -2.10. The van der Waals surface area contributed by atoms with E-state index in [9.17, 15) is 9.50 Å². The molecule has 0 aliphatic carbocycles. The van der Waals surface area contributed by atoms with Crippen molar-refractivity contribution in [2.45, 2.75) is 20.3 Å². The maximum Gasteiger partial charge on any atom is 0.126 e. The minimum atomic E-state index is -0.259. The van der Waals surface area contributed by atoms with Gasteiger partial charge in [-0.15, -0.1) is 0 Å². The van der Waals surface area contributed by atoms with Gasteiger partial charge in [-0.25, -0.2) is 4.39 Å². The number of benzene rings is 2. The van der Waals surface area contributed by atoms with E-state index in [1.165, 1.54) is 17.7 Å². The highest BCUT2D eigenvalue weighted by Gasteiger charge is 2.09. The zero-order valence-corrected chi connectivity index (χ0v) is 13.6. The molecule has 0 heterocycles. The smallest absolute Gasteiger partial charge is 0.126 e. The molecule has 0 spiro atoms. The minimum absolute atomic E-state index is 0.209. The van der Waals surface area contributed by atoms with E-state index in [0.717, 1.165) is 16.7 Å². The van der Waals surface area contributed by atoms with Gasteiger partial charge in [0.2, 0.25) is 0 Å². The highest BCUT2D eigenvalue weighted by molar-refractivity contribution is 5.71. The SMILES string of the molecule is COc1cc(C=Cc2ccc(F)cc2)cc(O)c1CC=C(C)C. The molecule has 0 bridgehead atoms. The maximum absolute atomic E-state index is 12.9. The molecule has 0 fully saturated rings. The summed E-state index contributed by atoms with van der Waals surface area (Å²) in [6.45, 7) is 4.03. The van der Waals surface area contributed by atoms with Crippen LogP contribution in [0.15, 0.2) is 48.0 Å². The fourth-order valence-electron chi connectivity index (χ4n) is 2.21. The van der Waals surface area contributed by atoms with Crippen molar-refractivity contribution in [1.29, 1.82) is 0 Å². The number of phenols is 1. The molecule has 0 atom stereocenters. The van der Waals surface area contributed by atoms with Gasteiger partial charge in [0.25, 0.3) is 0 Å². The van der Waals surface area contributed by atoms with Crippen molar-refractivity contribution in [1.82, 2.24) is 0 Å². The third-order valence-electron chi connectivity index (χ3n) is 3.48. The zero-order valence-electron chi connectivity index (χ0n) is 13.6. The fourth-order valence-corrected chi connectivity index (χ4v) is 2.21. The Morgan fingerprint density at radius 2 is 1.74 bits per heavy atom. The molecule has 0 amide bonds. The second-order valence-corrected chi connectivity index (χ2v) is 5.59. The number of allylic oxidation sites excluding steroid dienone is 2. The molecular formula is C20H21FO2. The lowest BCUT2D eigenvalue weighted by molar-refractivity contribution is 0.401. The van der Waals surface area contributed by atoms with E-state index in [-0.39, 0.29) is 11.6 Å². The molecule has 2 nitrogen and oxygen atoms in total. The monoisotopic (exact) mass is 312 g/mol. The van der Waals surface area contributed by atoms with Crippen molar-refractivity contribution >= 4 is 12.2 Å². The van der Waals surface area contributed by atoms with Crippen LogP contribution in [0, 0.1) is 5.82 Å². The maximum atomic E-state index is 12.9. The number of ether oxygens (including phenoxy) is 1. The Bertz CT molecular complexity index is 724. The number of rotatable bonds is 5. The van der Waals surface area contributed by atoms with Gasteiger partial charge in [-0.05, 0) is 55.7 Å². The van der Waals surface area contributed by atoms with Gasteiger partial charge >= 0.3 is 0 Å². The summed E-state index contributed by atoms with van der Waals surface area (Å²) < 4.78 is 18.3. The molecule has 0 aliphatic rings. The Hall–Kier alpha value is -2.55. The number of halogens is 1. The van der Waals surface area contributed by atoms with Crippen LogP contribution < -0.4 is 4.74 Å². The van der Waals surface area contributed by atoms with E-state index in [1.54, 1.807) is 25.3 Å². The number of hydrogen-bond acceptors (Lipinski definition) is 2. The molecule has 0 saturated carbocycles. The molecule has 120 valence electrons. The van der Waals surface area contributed by atoms with Crippen molar-refractivity contribution in [2.75, 3.05) is 7.11 Å². The van der Waals surface area contributed by atoms with Crippen molar-refractivity contribution in [3.05, 3.63) is 70.6 Å². The van der Waals surface area contributed by atoms with Gasteiger partial charge in [0.1, 0.15) is 17.3 Å². The second-order valence-electron chi connectivity index (χ2n) is 5.59. The van der Waals surface area contributed by atoms with Crippen LogP contribution in [0.3, 0.4) is 0 Å². The first-order valence-electron chi connectivity index (χ1n) is 7.46. The molecule has 0 saturated heterocycles. The number of aromatic hydroxyl groups is 1. The first-order chi connectivity index (χ1) is 11.0. The summed E-state index contributed by atoms with van der Waals surface area (Å²) in [6, 6.07) is 9.82. The van der Waals surface area contributed by atoms with E-state index in [1.807, 2.05) is 38.1 Å². The van der Waals surface area contributed by atoms with E-state index in [2.05, 4.69) is 0 Å². The molecule has 3 heteroatoms. The summed E-state index contributed by atoms with van der Waals surface area (Å²) in [7, 11) is 1.59. The normalized spacial score (nSPS) is 10.8. The summed E-state index contributed by atoms with van der Waals surface area (Å²) in [5.41, 5.74) is 3.67. The van der Waals surface area contributed by atoms with Crippen LogP contribution in [0.25, 0.3) is 12.2 Å². The molecule has 1 N–H and O–H groups in total. The van der Waals surface area contributed by atoms with Gasteiger partial charge in [-0.2, -0.15) is 0 Å². The standard InChI is InChI=1S/C20H21FO2/c1-14(2)4-11-18-19(22)12-16(13-20(18)23-3)6-5-15-7-9-17(21)10-8-15/h4-10,12-13,22H,11H2,1-3H3. The quantitative estimate of drug-likeness (QED) is 0.606. The Kier molecular flexibility index (Phi) is 5.58. The van der Waals surface area contributed by atoms with Gasteiger partial charge < -0.3 is 9.84 Å². The van der Waals surface area contributed by atoms with Crippen LogP contribution in [0.2, 0.25) is 0 Å². The van der Waals surface area contributed by atoms with Gasteiger partial charge in [0.05, 0.1) is 7.11 Å².